The van der Waals surface area contributed by atoms with E-state index >= 15 is 0 Å². The third-order valence-electron chi connectivity index (χ3n) is 6.47. The van der Waals surface area contributed by atoms with Gasteiger partial charge >= 0.3 is 5.97 Å². The first-order valence-electron chi connectivity index (χ1n) is 10.7. The fourth-order valence-corrected chi connectivity index (χ4v) is 4.82. The predicted molar refractivity (Wildman–Crippen MR) is 123 cm³/mol. The van der Waals surface area contributed by atoms with E-state index in [-0.39, 0.29) is 23.1 Å². The zero-order valence-electron chi connectivity index (χ0n) is 18.9. The second-order valence-corrected chi connectivity index (χ2v) is 9.46. The number of rotatable bonds is 5. The summed E-state index contributed by atoms with van der Waals surface area (Å²) in [5.74, 6) is -0.126. The Labute approximate surface area is 183 Å². The Morgan fingerprint density at radius 1 is 1.13 bits per heavy atom. The molecule has 1 atom stereocenters. The van der Waals surface area contributed by atoms with Crippen LogP contribution in [0.4, 0.5) is 0 Å². The van der Waals surface area contributed by atoms with E-state index in [1.54, 1.807) is 12.1 Å². The number of benzene rings is 2. The number of fused-ring (bicyclic) bond motifs is 3. The van der Waals surface area contributed by atoms with E-state index in [2.05, 4.69) is 35.4 Å². The van der Waals surface area contributed by atoms with Gasteiger partial charge in [0.1, 0.15) is 0 Å². The molecule has 0 bridgehead atoms. The van der Waals surface area contributed by atoms with E-state index in [0.717, 1.165) is 40.7 Å². The van der Waals surface area contributed by atoms with E-state index in [1.807, 2.05) is 38.4 Å². The summed E-state index contributed by atoms with van der Waals surface area (Å²) in [5, 5.41) is 1.04. The summed E-state index contributed by atoms with van der Waals surface area (Å²) in [6, 6.07) is 15.7. The summed E-state index contributed by atoms with van der Waals surface area (Å²) < 4.78 is 7.08. The molecule has 5 heteroatoms. The summed E-state index contributed by atoms with van der Waals surface area (Å²) in [5.41, 5.74) is 4.57. The quantitative estimate of drug-likeness (QED) is 0.576. The minimum atomic E-state index is -0.338. The monoisotopic (exact) mass is 418 g/mol. The Kier molecular flexibility index (Phi) is 5.48. The SMILES string of the molecule is COC(=O)c1ccc(Cn2c3c(c4ccccc42)C(=O)C(CN(C)C)C(C)(C)C3)cc1. The van der Waals surface area contributed by atoms with Crippen LogP contribution in [-0.2, 0) is 17.7 Å². The number of esters is 1. The molecule has 5 nitrogen and oxygen atoms in total. The minimum Gasteiger partial charge on any atom is -0.465 e. The third kappa shape index (κ3) is 3.79. The number of nitrogens with zero attached hydrogens (tertiary/aromatic N) is 2. The number of ketones is 1. The van der Waals surface area contributed by atoms with Gasteiger partial charge in [0.2, 0.25) is 0 Å². The van der Waals surface area contributed by atoms with Crippen molar-refractivity contribution in [3.8, 4) is 0 Å². The summed E-state index contributed by atoms with van der Waals surface area (Å²) in [4.78, 5) is 27.6. The molecule has 0 fully saturated rings. The number of carbonyl (C=O) groups excluding carboxylic acids is 2. The van der Waals surface area contributed by atoms with Gasteiger partial charge < -0.3 is 14.2 Å². The number of aromatic nitrogens is 1. The lowest BCUT2D eigenvalue weighted by molar-refractivity contribution is 0.0600. The second kappa shape index (κ2) is 7.97. The molecule has 1 aliphatic rings. The number of carbonyl (C=O) groups is 2. The van der Waals surface area contributed by atoms with E-state index in [1.165, 1.54) is 7.11 Å². The molecule has 0 aliphatic heterocycles. The lowest BCUT2D eigenvalue weighted by Gasteiger charge is -2.39. The van der Waals surface area contributed by atoms with Crippen LogP contribution in [0.3, 0.4) is 0 Å². The average molecular weight is 419 g/mol. The standard InChI is InChI=1S/C26H30N2O3/c1-26(2)14-22-23(24(29)20(26)16-27(3)4)19-8-6-7-9-21(19)28(22)15-17-10-12-18(13-11-17)25(30)31-5/h6-13,20H,14-16H2,1-5H3. The summed E-state index contributed by atoms with van der Waals surface area (Å²) >= 11 is 0. The molecule has 31 heavy (non-hydrogen) atoms. The van der Waals surface area contributed by atoms with Crippen LogP contribution in [0.1, 0.15) is 45.8 Å². The largest absolute Gasteiger partial charge is 0.465 e. The van der Waals surface area contributed by atoms with Crippen molar-refractivity contribution in [1.82, 2.24) is 9.47 Å². The maximum atomic E-state index is 13.7. The highest BCUT2D eigenvalue weighted by molar-refractivity contribution is 6.11. The smallest absolute Gasteiger partial charge is 0.337 e. The highest BCUT2D eigenvalue weighted by Crippen LogP contribution is 2.43. The van der Waals surface area contributed by atoms with Gasteiger partial charge in [-0.25, -0.2) is 4.79 Å². The van der Waals surface area contributed by atoms with Gasteiger partial charge in [-0.05, 0) is 49.7 Å². The Balaban J connectivity index is 1.80. The lowest BCUT2D eigenvalue weighted by atomic mass is 9.67. The fourth-order valence-electron chi connectivity index (χ4n) is 4.82. The Bertz CT molecular complexity index is 1140. The molecule has 0 saturated carbocycles. The number of hydrogen-bond donors (Lipinski definition) is 0. The van der Waals surface area contributed by atoms with Crippen LogP contribution >= 0.6 is 0 Å². The lowest BCUT2D eigenvalue weighted by Crippen LogP contribution is -2.43. The molecule has 0 amide bonds. The van der Waals surface area contributed by atoms with Crippen molar-refractivity contribution in [2.24, 2.45) is 11.3 Å². The molecular weight excluding hydrogens is 388 g/mol. The first kappa shape index (κ1) is 21.3. The van der Waals surface area contributed by atoms with Gasteiger partial charge in [-0.3, -0.25) is 4.79 Å². The Hall–Kier alpha value is -2.92. The molecule has 0 radical (unpaired) electrons. The van der Waals surface area contributed by atoms with E-state index in [9.17, 15) is 9.59 Å². The number of hydrogen-bond acceptors (Lipinski definition) is 4. The van der Waals surface area contributed by atoms with Crippen LogP contribution < -0.4 is 0 Å². The van der Waals surface area contributed by atoms with Crippen molar-refractivity contribution < 1.29 is 14.3 Å². The molecular formula is C26H30N2O3. The molecule has 3 aromatic rings. The fraction of sp³-hybridized carbons (Fsp3) is 0.385. The van der Waals surface area contributed by atoms with Gasteiger partial charge in [0.05, 0.1) is 12.7 Å². The average Bonchev–Trinajstić information content (AvgIpc) is 3.03. The summed E-state index contributed by atoms with van der Waals surface area (Å²) in [6.45, 7) is 5.81. The van der Waals surface area contributed by atoms with E-state index in [4.69, 9.17) is 4.74 Å². The zero-order chi connectivity index (χ0) is 22.3. The predicted octanol–water partition coefficient (Wildman–Crippen LogP) is 4.42. The van der Waals surface area contributed by atoms with Crippen molar-refractivity contribution >= 4 is 22.7 Å². The van der Waals surface area contributed by atoms with Crippen LogP contribution in [0, 0.1) is 11.3 Å². The first-order valence-corrected chi connectivity index (χ1v) is 10.7. The maximum Gasteiger partial charge on any atom is 0.337 e. The van der Waals surface area contributed by atoms with Crippen molar-refractivity contribution in [2.75, 3.05) is 27.7 Å². The van der Waals surface area contributed by atoms with Gasteiger partial charge in [-0.2, -0.15) is 0 Å². The maximum absolute atomic E-state index is 13.7. The molecule has 2 aromatic carbocycles. The number of Topliss-reactive ketones (excluding diaryl/α,β-unsaturated/α-hetero) is 1. The number of para-hydroxylation sites is 1. The topological polar surface area (TPSA) is 51.5 Å². The van der Waals surface area contributed by atoms with Gasteiger partial charge in [-0.1, -0.05) is 44.2 Å². The van der Waals surface area contributed by atoms with Gasteiger partial charge in [0, 0.05) is 41.2 Å². The molecule has 1 aliphatic carbocycles. The molecule has 162 valence electrons. The molecule has 1 heterocycles. The first-order chi connectivity index (χ1) is 14.7. The zero-order valence-corrected chi connectivity index (χ0v) is 18.9. The van der Waals surface area contributed by atoms with Crippen LogP contribution in [0.25, 0.3) is 10.9 Å². The highest BCUT2D eigenvalue weighted by atomic mass is 16.5. The van der Waals surface area contributed by atoms with Crippen molar-refractivity contribution in [3.05, 3.63) is 70.9 Å². The van der Waals surface area contributed by atoms with Crippen molar-refractivity contribution in [1.29, 1.82) is 0 Å². The minimum absolute atomic E-state index is 0.0337. The van der Waals surface area contributed by atoms with E-state index in [0.29, 0.717) is 12.1 Å². The normalized spacial score (nSPS) is 17.7. The molecule has 4 rings (SSSR count). The van der Waals surface area contributed by atoms with Crippen LogP contribution in [0.2, 0.25) is 0 Å². The van der Waals surface area contributed by atoms with Gasteiger partial charge in [0.15, 0.2) is 5.78 Å². The van der Waals surface area contributed by atoms with Crippen LogP contribution in [0.15, 0.2) is 48.5 Å². The molecule has 1 unspecified atom stereocenters. The summed E-state index contributed by atoms with van der Waals surface area (Å²) in [7, 11) is 5.44. The van der Waals surface area contributed by atoms with Gasteiger partial charge in [-0.15, -0.1) is 0 Å². The van der Waals surface area contributed by atoms with Crippen LogP contribution in [-0.4, -0.2) is 49.0 Å². The molecule has 0 saturated heterocycles. The summed E-state index contributed by atoms with van der Waals surface area (Å²) in [6.07, 6.45) is 0.849. The van der Waals surface area contributed by atoms with Crippen molar-refractivity contribution in [3.63, 3.8) is 0 Å². The molecule has 0 spiro atoms. The molecule has 1 aromatic heterocycles. The molecule has 0 N–H and O–H groups in total. The number of ether oxygens (including phenoxy) is 1. The van der Waals surface area contributed by atoms with Gasteiger partial charge in [0.25, 0.3) is 0 Å². The second-order valence-electron chi connectivity index (χ2n) is 9.46. The Morgan fingerprint density at radius 2 is 1.81 bits per heavy atom. The van der Waals surface area contributed by atoms with Crippen LogP contribution in [0.5, 0.6) is 0 Å². The van der Waals surface area contributed by atoms with E-state index < -0.39 is 0 Å². The van der Waals surface area contributed by atoms with Crippen molar-refractivity contribution in [2.45, 2.75) is 26.8 Å². The highest BCUT2D eigenvalue weighted by Gasteiger charge is 2.44. The number of methoxy groups -OCH3 is 1. The third-order valence-corrected chi connectivity index (χ3v) is 6.47. The Morgan fingerprint density at radius 3 is 2.45 bits per heavy atom.